The van der Waals surface area contributed by atoms with E-state index in [-0.39, 0.29) is 30.5 Å². The number of benzene rings is 3. The predicted octanol–water partition coefficient (Wildman–Crippen LogP) is 3.47. The van der Waals surface area contributed by atoms with Gasteiger partial charge < -0.3 is 10.1 Å². The Labute approximate surface area is 200 Å². The second-order valence-electron chi connectivity index (χ2n) is 7.28. The molecule has 2 amide bonds. The predicted molar refractivity (Wildman–Crippen MR) is 128 cm³/mol. The smallest absolute Gasteiger partial charge is 0.343 e. The molecule has 0 bridgehead atoms. The van der Waals surface area contributed by atoms with Crippen molar-refractivity contribution in [3.63, 3.8) is 0 Å². The number of hydrogen-bond donors (Lipinski definition) is 2. The monoisotopic (exact) mass is 474 g/mol. The molecular weight excluding hydrogens is 452 g/mol. The third kappa shape index (κ3) is 7.90. The van der Waals surface area contributed by atoms with Crippen LogP contribution in [0.4, 0.5) is 5.69 Å². The van der Waals surface area contributed by atoms with Crippen LogP contribution in [-0.2, 0) is 4.79 Å². The van der Waals surface area contributed by atoms with E-state index in [1.165, 1.54) is 30.5 Å². The van der Waals surface area contributed by atoms with E-state index in [0.717, 1.165) is 0 Å². The van der Waals surface area contributed by atoms with E-state index in [9.17, 15) is 24.5 Å². The van der Waals surface area contributed by atoms with Gasteiger partial charge in [-0.25, -0.2) is 10.2 Å². The molecule has 0 aromatic heterocycles. The van der Waals surface area contributed by atoms with Gasteiger partial charge in [0.2, 0.25) is 5.91 Å². The fourth-order valence-electron chi connectivity index (χ4n) is 2.88. The zero-order chi connectivity index (χ0) is 25.0. The first-order chi connectivity index (χ1) is 16.9. The van der Waals surface area contributed by atoms with Crippen LogP contribution in [0.1, 0.15) is 39.1 Å². The Bertz CT molecular complexity index is 1210. The maximum Gasteiger partial charge on any atom is 0.343 e. The number of rotatable bonds is 10. The summed E-state index contributed by atoms with van der Waals surface area (Å²) in [4.78, 5) is 46.1. The third-order valence-corrected chi connectivity index (χ3v) is 4.71. The molecule has 0 aliphatic rings. The highest BCUT2D eigenvalue weighted by atomic mass is 16.6. The molecule has 2 N–H and O–H groups in total. The lowest BCUT2D eigenvalue weighted by Crippen LogP contribution is -2.26. The number of nitrogens with one attached hydrogen (secondary N) is 2. The van der Waals surface area contributed by atoms with Gasteiger partial charge in [-0.2, -0.15) is 5.10 Å². The summed E-state index contributed by atoms with van der Waals surface area (Å²) in [5, 5.41) is 17.2. The normalized spacial score (nSPS) is 10.5. The summed E-state index contributed by atoms with van der Waals surface area (Å²) >= 11 is 0. The number of nitrogens with zero attached hydrogens (tertiary/aromatic N) is 2. The van der Waals surface area contributed by atoms with Crippen LogP contribution in [0.15, 0.2) is 84.0 Å². The largest absolute Gasteiger partial charge is 0.423 e. The number of carbonyl (C=O) groups excluding carboxylic acids is 3. The Morgan fingerprint density at radius 2 is 1.60 bits per heavy atom. The standard InChI is InChI=1S/C25H22N4O6/c30-23(7-4-16-26-24(31)19-10-12-21(13-11-19)29(33)34)28-27-17-18-8-14-22(15-9-18)35-25(32)20-5-2-1-3-6-20/h1-3,5-6,8-15,17H,4,7,16H2,(H,26,31)(H,28,30)/b27-17+. The van der Waals surface area contributed by atoms with Gasteiger partial charge in [-0.15, -0.1) is 0 Å². The number of nitro benzene ring substituents is 1. The molecule has 0 atom stereocenters. The summed E-state index contributed by atoms with van der Waals surface area (Å²) in [6.45, 7) is 0.260. The van der Waals surface area contributed by atoms with Gasteiger partial charge in [0, 0.05) is 30.7 Å². The lowest BCUT2D eigenvalue weighted by atomic mass is 10.2. The minimum atomic E-state index is -0.540. The molecule has 0 aliphatic heterocycles. The number of ether oxygens (including phenoxy) is 1. The average Bonchev–Trinajstić information content (AvgIpc) is 2.88. The summed E-state index contributed by atoms with van der Waals surface area (Å²) in [5.41, 5.74) is 3.75. The van der Waals surface area contributed by atoms with Crippen molar-refractivity contribution in [2.24, 2.45) is 5.10 Å². The fraction of sp³-hybridized carbons (Fsp3) is 0.120. The van der Waals surface area contributed by atoms with Crippen LogP contribution >= 0.6 is 0 Å². The van der Waals surface area contributed by atoms with Crippen molar-refractivity contribution >= 4 is 29.7 Å². The molecule has 0 spiro atoms. The molecule has 178 valence electrons. The van der Waals surface area contributed by atoms with Crippen LogP contribution in [0.2, 0.25) is 0 Å². The van der Waals surface area contributed by atoms with Crippen LogP contribution in [0, 0.1) is 10.1 Å². The van der Waals surface area contributed by atoms with E-state index in [4.69, 9.17) is 4.74 Å². The minimum absolute atomic E-state index is 0.0961. The van der Waals surface area contributed by atoms with Crippen molar-refractivity contribution in [2.45, 2.75) is 12.8 Å². The van der Waals surface area contributed by atoms with Gasteiger partial charge in [0.15, 0.2) is 0 Å². The molecule has 3 aromatic carbocycles. The molecule has 0 radical (unpaired) electrons. The number of hydrogen-bond acceptors (Lipinski definition) is 7. The molecule has 35 heavy (non-hydrogen) atoms. The second-order valence-corrected chi connectivity index (χ2v) is 7.28. The molecule has 0 heterocycles. The van der Waals surface area contributed by atoms with Crippen LogP contribution in [0.3, 0.4) is 0 Å². The van der Waals surface area contributed by atoms with Crippen molar-refractivity contribution in [1.82, 2.24) is 10.7 Å². The quantitative estimate of drug-likeness (QED) is 0.115. The molecule has 0 saturated carbocycles. The number of esters is 1. The number of nitro groups is 1. The van der Waals surface area contributed by atoms with E-state index in [1.807, 2.05) is 6.07 Å². The summed E-state index contributed by atoms with van der Waals surface area (Å²) in [6, 6.07) is 20.5. The molecule has 0 saturated heterocycles. The average molecular weight is 474 g/mol. The van der Waals surface area contributed by atoms with Gasteiger partial charge in [-0.1, -0.05) is 18.2 Å². The van der Waals surface area contributed by atoms with E-state index in [1.54, 1.807) is 48.5 Å². The van der Waals surface area contributed by atoms with Gasteiger partial charge in [-0.05, 0) is 60.5 Å². The van der Waals surface area contributed by atoms with Crippen LogP contribution in [0.25, 0.3) is 0 Å². The molecule has 0 unspecified atom stereocenters. The number of carbonyl (C=O) groups is 3. The Morgan fingerprint density at radius 3 is 2.26 bits per heavy atom. The fourth-order valence-corrected chi connectivity index (χ4v) is 2.88. The molecule has 10 heteroatoms. The zero-order valence-electron chi connectivity index (χ0n) is 18.5. The Morgan fingerprint density at radius 1 is 0.914 bits per heavy atom. The number of hydrazone groups is 1. The Hall–Kier alpha value is -4.86. The first-order valence-corrected chi connectivity index (χ1v) is 10.6. The summed E-state index contributed by atoms with van der Waals surface area (Å²) < 4.78 is 5.30. The van der Waals surface area contributed by atoms with Crippen LogP contribution in [-0.4, -0.2) is 35.5 Å². The van der Waals surface area contributed by atoms with Crippen molar-refractivity contribution in [3.05, 3.63) is 106 Å². The lowest BCUT2D eigenvalue weighted by molar-refractivity contribution is -0.384. The zero-order valence-corrected chi connectivity index (χ0v) is 18.5. The lowest BCUT2D eigenvalue weighted by Gasteiger charge is -2.05. The highest BCUT2D eigenvalue weighted by molar-refractivity contribution is 5.94. The molecule has 3 rings (SSSR count). The highest BCUT2D eigenvalue weighted by Gasteiger charge is 2.10. The second kappa shape index (κ2) is 12.4. The van der Waals surface area contributed by atoms with Crippen molar-refractivity contribution in [3.8, 4) is 5.75 Å². The molecule has 0 aliphatic carbocycles. The van der Waals surface area contributed by atoms with Crippen LogP contribution in [0.5, 0.6) is 5.75 Å². The first kappa shape index (κ1) is 24.8. The minimum Gasteiger partial charge on any atom is -0.423 e. The Kier molecular flexibility index (Phi) is 8.78. The summed E-state index contributed by atoms with van der Waals surface area (Å²) in [6.07, 6.45) is 1.99. The molecule has 3 aromatic rings. The summed E-state index contributed by atoms with van der Waals surface area (Å²) in [7, 11) is 0. The van der Waals surface area contributed by atoms with Gasteiger partial charge >= 0.3 is 5.97 Å². The maximum atomic E-state index is 12.1. The molecule has 0 fully saturated rings. The van der Waals surface area contributed by atoms with E-state index in [0.29, 0.717) is 28.9 Å². The third-order valence-electron chi connectivity index (χ3n) is 4.71. The molecular formula is C25H22N4O6. The van der Waals surface area contributed by atoms with Gasteiger partial charge in [0.1, 0.15) is 5.75 Å². The summed E-state index contributed by atoms with van der Waals surface area (Å²) in [5.74, 6) is -0.769. The SMILES string of the molecule is O=C(CCCNC(=O)c1ccc([N+](=O)[O-])cc1)N/N=C/c1ccc(OC(=O)c2ccccc2)cc1. The van der Waals surface area contributed by atoms with Crippen molar-refractivity contribution < 1.29 is 24.0 Å². The first-order valence-electron chi connectivity index (χ1n) is 10.6. The van der Waals surface area contributed by atoms with Gasteiger partial charge in [0.25, 0.3) is 11.6 Å². The van der Waals surface area contributed by atoms with E-state index < -0.39 is 10.9 Å². The van der Waals surface area contributed by atoms with Gasteiger partial charge in [0.05, 0.1) is 16.7 Å². The Balaban J connectivity index is 1.35. The van der Waals surface area contributed by atoms with Crippen molar-refractivity contribution in [1.29, 1.82) is 0 Å². The molecule has 10 nitrogen and oxygen atoms in total. The van der Waals surface area contributed by atoms with Crippen molar-refractivity contribution in [2.75, 3.05) is 6.54 Å². The number of amides is 2. The van der Waals surface area contributed by atoms with Gasteiger partial charge in [-0.3, -0.25) is 19.7 Å². The highest BCUT2D eigenvalue weighted by Crippen LogP contribution is 2.14. The van der Waals surface area contributed by atoms with E-state index >= 15 is 0 Å². The number of non-ortho nitro benzene ring substituents is 1. The van der Waals surface area contributed by atoms with E-state index in [2.05, 4.69) is 15.8 Å². The topological polar surface area (TPSA) is 140 Å². The van der Waals surface area contributed by atoms with Crippen LogP contribution < -0.4 is 15.5 Å². The maximum absolute atomic E-state index is 12.1.